The number of aryl methyl sites for hydroxylation is 1. The summed E-state index contributed by atoms with van der Waals surface area (Å²) in [5.74, 6) is -1.00. The smallest absolute Gasteiger partial charge is 0.303 e. The molecule has 0 saturated carbocycles. The molecule has 2 rings (SSSR count). The van der Waals surface area contributed by atoms with Crippen LogP contribution >= 0.6 is 0 Å². The highest BCUT2D eigenvalue weighted by molar-refractivity contribution is 5.94. The van der Waals surface area contributed by atoms with Crippen molar-refractivity contribution in [2.45, 2.75) is 19.4 Å². The molecule has 21 heavy (non-hydrogen) atoms. The minimum atomic E-state index is -0.827. The lowest BCUT2D eigenvalue weighted by Crippen LogP contribution is -2.23. The molecular formula is C16H16N2O3. The van der Waals surface area contributed by atoms with Crippen LogP contribution in [0.25, 0.3) is 0 Å². The first kappa shape index (κ1) is 14.7. The normalized spacial score (nSPS) is 10.1. The molecule has 0 bridgehead atoms. The average molecular weight is 284 g/mol. The molecule has 0 aliphatic heterocycles. The first-order valence-corrected chi connectivity index (χ1v) is 6.64. The zero-order chi connectivity index (χ0) is 15.1. The quantitative estimate of drug-likeness (QED) is 0.850. The second-order valence-corrected chi connectivity index (χ2v) is 4.59. The fourth-order valence-corrected chi connectivity index (χ4v) is 1.85. The fourth-order valence-electron chi connectivity index (χ4n) is 1.85. The number of hydrogen-bond acceptors (Lipinski definition) is 3. The summed E-state index contributed by atoms with van der Waals surface area (Å²) in [5.41, 5.74) is 2.24. The summed E-state index contributed by atoms with van der Waals surface area (Å²) in [7, 11) is 0. The van der Waals surface area contributed by atoms with E-state index >= 15 is 0 Å². The van der Waals surface area contributed by atoms with Crippen LogP contribution in [0.4, 0.5) is 0 Å². The van der Waals surface area contributed by atoms with E-state index in [0.717, 1.165) is 11.3 Å². The summed E-state index contributed by atoms with van der Waals surface area (Å²) in [4.78, 5) is 26.6. The van der Waals surface area contributed by atoms with Crippen molar-refractivity contribution in [2.75, 3.05) is 0 Å². The molecule has 0 aliphatic carbocycles. The summed E-state index contributed by atoms with van der Waals surface area (Å²) >= 11 is 0. The van der Waals surface area contributed by atoms with Crippen LogP contribution in [0.1, 0.15) is 28.0 Å². The Bertz CT molecular complexity index is 609. The van der Waals surface area contributed by atoms with Crippen LogP contribution in [0.5, 0.6) is 0 Å². The van der Waals surface area contributed by atoms with Gasteiger partial charge < -0.3 is 10.4 Å². The third-order valence-electron chi connectivity index (χ3n) is 3.00. The molecule has 0 aliphatic rings. The van der Waals surface area contributed by atoms with E-state index in [1.165, 1.54) is 0 Å². The summed E-state index contributed by atoms with van der Waals surface area (Å²) < 4.78 is 0. The lowest BCUT2D eigenvalue weighted by atomic mass is 10.1. The Morgan fingerprint density at radius 2 is 1.86 bits per heavy atom. The highest BCUT2D eigenvalue weighted by Crippen LogP contribution is 2.07. The molecule has 2 N–H and O–H groups in total. The number of nitrogens with one attached hydrogen (secondary N) is 1. The van der Waals surface area contributed by atoms with Crippen molar-refractivity contribution >= 4 is 11.9 Å². The molecule has 5 heteroatoms. The first-order chi connectivity index (χ1) is 10.1. The minimum Gasteiger partial charge on any atom is -0.481 e. The molecule has 1 amide bonds. The van der Waals surface area contributed by atoms with E-state index in [1.54, 1.807) is 30.5 Å². The third kappa shape index (κ3) is 4.72. The number of carbonyl (C=O) groups is 2. The molecule has 5 nitrogen and oxygen atoms in total. The van der Waals surface area contributed by atoms with Gasteiger partial charge in [0.2, 0.25) is 0 Å². The van der Waals surface area contributed by atoms with Crippen molar-refractivity contribution in [1.82, 2.24) is 10.3 Å². The summed E-state index contributed by atoms with van der Waals surface area (Å²) in [6, 6.07) is 12.5. The van der Waals surface area contributed by atoms with Crippen molar-refractivity contribution in [1.29, 1.82) is 0 Å². The molecule has 108 valence electrons. The molecule has 2 aromatic rings. The highest BCUT2D eigenvalue weighted by Gasteiger charge is 2.06. The van der Waals surface area contributed by atoms with Gasteiger partial charge in [0.15, 0.2) is 0 Å². The lowest BCUT2D eigenvalue weighted by molar-refractivity contribution is -0.136. The number of carboxylic acids is 1. The molecule has 1 heterocycles. The largest absolute Gasteiger partial charge is 0.481 e. The molecular weight excluding hydrogens is 268 g/mol. The molecule has 0 unspecified atom stereocenters. The number of benzene rings is 1. The van der Waals surface area contributed by atoms with Gasteiger partial charge in [0.05, 0.1) is 12.2 Å². The van der Waals surface area contributed by atoms with Crippen LogP contribution in [-0.4, -0.2) is 22.0 Å². The van der Waals surface area contributed by atoms with E-state index in [-0.39, 0.29) is 12.3 Å². The van der Waals surface area contributed by atoms with Gasteiger partial charge in [-0.15, -0.1) is 0 Å². The first-order valence-electron chi connectivity index (χ1n) is 6.64. The maximum Gasteiger partial charge on any atom is 0.303 e. The number of nitrogens with zero attached hydrogens (tertiary/aromatic N) is 1. The van der Waals surface area contributed by atoms with Crippen LogP contribution in [0.15, 0.2) is 48.7 Å². The van der Waals surface area contributed by atoms with Crippen LogP contribution in [0, 0.1) is 0 Å². The van der Waals surface area contributed by atoms with E-state index in [1.807, 2.05) is 18.2 Å². The van der Waals surface area contributed by atoms with Crippen molar-refractivity contribution in [2.24, 2.45) is 0 Å². The average Bonchev–Trinajstić information content (AvgIpc) is 2.52. The topological polar surface area (TPSA) is 79.3 Å². The molecule has 0 saturated heterocycles. The molecule has 0 fully saturated rings. The van der Waals surface area contributed by atoms with E-state index < -0.39 is 5.97 Å². The summed E-state index contributed by atoms with van der Waals surface area (Å²) in [6.07, 6.45) is 2.23. The molecule has 0 spiro atoms. The maximum atomic E-state index is 12.0. The molecule has 1 aromatic carbocycles. The Kier molecular flexibility index (Phi) is 5.04. The van der Waals surface area contributed by atoms with Gasteiger partial charge in [-0.2, -0.15) is 0 Å². The van der Waals surface area contributed by atoms with Gasteiger partial charge in [0.1, 0.15) is 0 Å². The Balaban J connectivity index is 1.89. The maximum absolute atomic E-state index is 12.0. The predicted octanol–water partition coefficient (Wildman–Crippen LogP) is 2.03. The second-order valence-electron chi connectivity index (χ2n) is 4.59. The van der Waals surface area contributed by atoms with Gasteiger partial charge in [0.25, 0.3) is 5.91 Å². The van der Waals surface area contributed by atoms with Crippen molar-refractivity contribution in [3.05, 3.63) is 65.5 Å². The lowest BCUT2D eigenvalue weighted by Gasteiger charge is -2.05. The summed E-state index contributed by atoms with van der Waals surface area (Å²) in [5, 5.41) is 11.4. The van der Waals surface area contributed by atoms with Gasteiger partial charge >= 0.3 is 5.97 Å². The number of carbonyl (C=O) groups excluding carboxylic acids is 1. The van der Waals surface area contributed by atoms with Crippen LogP contribution in [0.3, 0.4) is 0 Å². The number of rotatable bonds is 6. The standard InChI is InChI=1S/C16H16N2O3/c19-15(20)9-6-12-4-7-13(8-5-12)16(21)18-11-14-3-1-2-10-17-14/h1-5,7-8,10H,6,9,11H2,(H,18,21)(H,19,20). The number of amides is 1. The van der Waals surface area contributed by atoms with E-state index in [9.17, 15) is 9.59 Å². The van der Waals surface area contributed by atoms with Gasteiger partial charge in [0, 0.05) is 18.2 Å². The third-order valence-corrected chi connectivity index (χ3v) is 3.00. The molecule has 0 radical (unpaired) electrons. The van der Waals surface area contributed by atoms with E-state index in [4.69, 9.17) is 5.11 Å². The minimum absolute atomic E-state index is 0.0885. The van der Waals surface area contributed by atoms with Gasteiger partial charge in [-0.05, 0) is 36.2 Å². The Labute approximate surface area is 122 Å². The van der Waals surface area contributed by atoms with E-state index in [2.05, 4.69) is 10.3 Å². The van der Waals surface area contributed by atoms with Gasteiger partial charge in [-0.25, -0.2) is 0 Å². The van der Waals surface area contributed by atoms with Crippen LogP contribution in [-0.2, 0) is 17.8 Å². The van der Waals surface area contributed by atoms with Crippen molar-refractivity contribution in [3.63, 3.8) is 0 Å². The Morgan fingerprint density at radius 1 is 1.10 bits per heavy atom. The van der Waals surface area contributed by atoms with Gasteiger partial charge in [-0.3, -0.25) is 14.6 Å². The SMILES string of the molecule is O=C(O)CCc1ccc(C(=O)NCc2ccccn2)cc1. The molecule has 1 aromatic heterocycles. The number of hydrogen-bond donors (Lipinski definition) is 2. The molecule has 0 atom stereocenters. The van der Waals surface area contributed by atoms with Crippen LogP contribution in [0.2, 0.25) is 0 Å². The fraction of sp³-hybridized carbons (Fsp3) is 0.188. The zero-order valence-corrected chi connectivity index (χ0v) is 11.5. The number of pyridine rings is 1. The number of carboxylic acid groups (broad SMARTS) is 1. The number of aliphatic carboxylic acids is 1. The summed E-state index contributed by atoms with van der Waals surface area (Å²) in [6.45, 7) is 0.375. The number of aromatic nitrogens is 1. The van der Waals surface area contributed by atoms with Gasteiger partial charge in [-0.1, -0.05) is 18.2 Å². The predicted molar refractivity (Wildman–Crippen MR) is 77.8 cm³/mol. The zero-order valence-electron chi connectivity index (χ0n) is 11.5. The second kappa shape index (κ2) is 7.19. The monoisotopic (exact) mass is 284 g/mol. The van der Waals surface area contributed by atoms with Crippen molar-refractivity contribution in [3.8, 4) is 0 Å². The highest BCUT2D eigenvalue weighted by atomic mass is 16.4. The van der Waals surface area contributed by atoms with Crippen molar-refractivity contribution < 1.29 is 14.7 Å². The Hall–Kier alpha value is -2.69. The van der Waals surface area contributed by atoms with E-state index in [0.29, 0.717) is 18.5 Å². The Morgan fingerprint density at radius 3 is 2.48 bits per heavy atom. The van der Waals surface area contributed by atoms with Crippen LogP contribution < -0.4 is 5.32 Å².